The van der Waals surface area contributed by atoms with Crippen LogP contribution in [0.15, 0.2) is 24.3 Å². The standard InChI is InChI=1S/C11H16N/c1-2-3-7-10-12-11-8-5-4-6-9-11/h4-6,8,12H,2-3,7,10H2,1H3. The number of benzene rings is 1. The molecule has 0 unspecified atom stereocenters. The van der Waals surface area contributed by atoms with Crippen LogP contribution >= 0.6 is 0 Å². The normalized spacial score (nSPS) is 9.75. The van der Waals surface area contributed by atoms with E-state index in [0.717, 1.165) is 12.2 Å². The lowest BCUT2D eigenvalue weighted by Gasteiger charge is -2.03. The molecule has 0 atom stereocenters. The number of unbranched alkanes of at least 4 members (excludes halogenated alkanes) is 2. The molecule has 0 saturated heterocycles. The lowest BCUT2D eigenvalue weighted by atomic mass is 10.2. The lowest BCUT2D eigenvalue weighted by molar-refractivity contribution is 0.744. The van der Waals surface area contributed by atoms with Gasteiger partial charge >= 0.3 is 0 Å². The monoisotopic (exact) mass is 162 g/mol. The van der Waals surface area contributed by atoms with Gasteiger partial charge in [-0.15, -0.1) is 0 Å². The van der Waals surface area contributed by atoms with Gasteiger partial charge in [0.1, 0.15) is 0 Å². The van der Waals surface area contributed by atoms with Crippen LogP contribution in [0.1, 0.15) is 26.2 Å². The summed E-state index contributed by atoms with van der Waals surface area (Å²) in [7, 11) is 0. The Morgan fingerprint density at radius 1 is 1.33 bits per heavy atom. The van der Waals surface area contributed by atoms with Crippen molar-refractivity contribution in [3.05, 3.63) is 30.3 Å². The van der Waals surface area contributed by atoms with Gasteiger partial charge in [-0.05, 0) is 12.5 Å². The van der Waals surface area contributed by atoms with Crippen LogP contribution in [0.3, 0.4) is 0 Å². The van der Waals surface area contributed by atoms with Gasteiger partial charge in [-0.25, -0.2) is 0 Å². The minimum atomic E-state index is 1.06. The summed E-state index contributed by atoms with van der Waals surface area (Å²) in [6.45, 7) is 3.28. The minimum Gasteiger partial charge on any atom is -0.385 e. The van der Waals surface area contributed by atoms with Crippen LogP contribution in [-0.4, -0.2) is 6.54 Å². The van der Waals surface area contributed by atoms with E-state index in [-0.39, 0.29) is 0 Å². The molecule has 1 radical (unpaired) electrons. The van der Waals surface area contributed by atoms with Crippen LogP contribution < -0.4 is 5.32 Å². The molecule has 0 bridgehead atoms. The summed E-state index contributed by atoms with van der Waals surface area (Å²) in [5, 5.41) is 3.32. The fourth-order valence-corrected chi connectivity index (χ4v) is 1.10. The van der Waals surface area contributed by atoms with Crippen molar-refractivity contribution >= 4 is 5.69 Å². The highest BCUT2D eigenvalue weighted by Crippen LogP contribution is 2.04. The van der Waals surface area contributed by atoms with Crippen molar-refractivity contribution in [2.75, 3.05) is 11.9 Å². The van der Waals surface area contributed by atoms with Crippen molar-refractivity contribution < 1.29 is 0 Å². The molecule has 0 amide bonds. The third-order valence-electron chi connectivity index (χ3n) is 1.80. The van der Waals surface area contributed by atoms with E-state index in [1.807, 2.05) is 24.3 Å². The first kappa shape index (κ1) is 9.11. The Labute approximate surface area is 74.8 Å². The summed E-state index contributed by atoms with van der Waals surface area (Å²) in [6.07, 6.45) is 3.83. The molecule has 0 aliphatic rings. The molecule has 65 valence electrons. The molecule has 0 saturated carbocycles. The summed E-state index contributed by atoms with van der Waals surface area (Å²) < 4.78 is 0. The van der Waals surface area contributed by atoms with Crippen LogP contribution in [0.4, 0.5) is 5.69 Å². The molecule has 0 aromatic heterocycles. The van der Waals surface area contributed by atoms with Crippen LogP contribution in [0.2, 0.25) is 0 Å². The van der Waals surface area contributed by atoms with Crippen molar-refractivity contribution in [1.82, 2.24) is 0 Å². The van der Waals surface area contributed by atoms with E-state index in [0.29, 0.717) is 0 Å². The number of hydrogen-bond acceptors (Lipinski definition) is 1. The quantitative estimate of drug-likeness (QED) is 0.656. The van der Waals surface area contributed by atoms with Crippen molar-refractivity contribution in [2.24, 2.45) is 0 Å². The largest absolute Gasteiger partial charge is 0.385 e. The molecule has 0 spiro atoms. The van der Waals surface area contributed by atoms with E-state index in [2.05, 4.69) is 18.3 Å². The Kier molecular flexibility index (Phi) is 4.28. The average Bonchev–Trinajstić information content (AvgIpc) is 2.14. The van der Waals surface area contributed by atoms with Gasteiger partial charge in [-0.1, -0.05) is 38.0 Å². The predicted molar refractivity (Wildman–Crippen MR) is 53.3 cm³/mol. The third kappa shape index (κ3) is 3.42. The summed E-state index contributed by atoms with van der Waals surface area (Å²) in [4.78, 5) is 0. The molecular weight excluding hydrogens is 146 g/mol. The fraction of sp³-hybridized carbons (Fsp3) is 0.455. The zero-order valence-electron chi connectivity index (χ0n) is 7.64. The van der Waals surface area contributed by atoms with Crippen LogP contribution in [-0.2, 0) is 0 Å². The molecule has 0 fully saturated rings. The number of hydrogen-bond donors (Lipinski definition) is 1. The number of rotatable bonds is 5. The van der Waals surface area contributed by atoms with Crippen LogP contribution in [0.5, 0.6) is 0 Å². The van der Waals surface area contributed by atoms with E-state index < -0.39 is 0 Å². The second-order valence-corrected chi connectivity index (χ2v) is 2.91. The summed E-state index contributed by atoms with van der Waals surface area (Å²) in [5.74, 6) is 0. The third-order valence-corrected chi connectivity index (χ3v) is 1.80. The molecule has 1 rings (SSSR count). The van der Waals surface area contributed by atoms with Gasteiger partial charge in [0.05, 0.1) is 0 Å². The number of anilines is 1. The molecule has 1 N–H and O–H groups in total. The predicted octanol–water partition coefficient (Wildman–Crippen LogP) is 3.09. The lowest BCUT2D eigenvalue weighted by Crippen LogP contribution is -2.00. The molecule has 1 aromatic rings. The van der Waals surface area contributed by atoms with E-state index in [1.54, 1.807) is 0 Å². The second kappa shape index (κ2) is 5.64. The van der Waals surface area contributed by atoms with Gasteiger partial charge in [-0.2, -0.15) is 0 Å². The molecule has 1 heteroatoms. The summed E-state index contributed by atoms with van der Waals surface area (Å²) in [5.41, 5.74) is 1.11. The maximum atomic E-state index is 3.32. The molecular formula is C11H16N. The topological polar surface area (TPSA) is 12.0 Å². The molecule has 12 heavy (non-hydrogen) atoms. The Morgan fingerprint density at radius 2 is 2.25 bits per heavy atom. The molecule has 0 aliphatic carbocycles. The smallest absolute Gasteiger partial charge is 0.0420 e. The Balaban J connectivity index is 2.16. The zero-order valence-corrected chi connectivity index (χ0v) is 7.64. The highest BCUT2D eigenvalue weighted by atomic mass is 14.9. The second-order valence-electron chi connectivity index (χ2n) is 2.91. The summed E-state index contributed by atoms with van der Waals surface area (Å²) >= 11 is 0. The van der Waals surface area contributed by atoms with E-state index in [4.69, 9.17) is 0 Å². The highest BCUT2D eigenvalue weighted by Gasteiger charge is 1.88. The van der Waals surface area contributed by atoms with Gasteiger partial charge < -0.3 is 5.32 Å². The van der Waals surface area contributed by atoms with E-state index >= 15 is 0 Å². The molecule has 0 heterocycles. The first-order chi connectivity index (χ1) is 5.93. The summed E-state index contributed by atoms with van der Waals surface area (Å²) in [6, 6.07) is 11.1. The first-order valence-electron chi connectivity index (χ1n) is 4.64. The average molecular weight is 162 g/mol. The SMILES string of the molecule is CCCCCNc1[c]cccc1. The van der Waals surface area contributed by atoms with Gasteiger partial charge in [0.25, 0.3) is 0 Å². The fourth-order valence-electron chi connectivity index (χ4n) is 1.10. The Hall–Kier alpha value is -0.980. The zero-order chi connectivity index (χ0) is 8.65. The van der Waals surface area contributed by atoms with E-state index in [9.17, 15) is 0 Å². The van der Waals surface area contributed by atoms with Crippen LogP contribution in [0, 0.1) is 6.07 Å². The highest BCUT2D eigenvalue weighted by molar-refractivity contribution is 5.40. The van der Waals surface area contributed by atoms with Gasteiger partial charge in [-0.3, -0.25) is 0 Å². The van der Waals surface area contributed by atoms with Crippen molar-refractivity contribution in [1.29, 1.82) is 0 Å². The van der Waals surface area contributed by atoms with Crippen molar-refractivity contribution in [2.45, 2.75) is 26.2 Å². The molecule has 1 aromatic carbocycles. The number of para-hydroxylation sites is 1. The Morgan fingerprint density at radius 3 is 2.92 bits per heavy atom. The molecule has 1 nitrogen and oxygen atoms in total. The van der Waals surface area contributed by atoms with Crippen LogP contribution in [0.25, 0.3) is 0 Å². The van der Waals surface area contributed by atoms with Gasteiger partial charge in [0.15, 0.2) is 0 Å². The maximum absolute atomic E-state index is 3.32. The first-order valence-corrected chi connectivity index (χ1v) is 4.64. The minimum absolute atomic E-state index is 1.06. The van der Waals surface area contributed by atoms with E-state index in [1.165, 1.54) is 19.3 Å². The van der Waals surface area contributed by atoms with Gasteiger partial charge in [0.2, 0.25) is 0 Å². The van der Waals surface area contributed by atoms with Gasteiger partial charge in [0, 0.05) is 18.3 Å². The maximum Gasteiger partial charge on any atom is 0.0420 e. The van der Waals surface area contributed by atoms with Crippen molar-refractivity contribution in [3.8, 4) is 0 Å². The number of nitrogens with one attached hydrogen (secondary N) is 1. The Bertz CT molecular complexity index is 193. The van der Waals surface area contributed by atoms with Crippen molar-refractivity contribution in [3.63, 3.8) is 0 Å². The molecule has 0 aliphatic heterocycles.